The van der Waals surface area contributed by atoms with Crippen molar-refractivity contribution in [1.29, 1.82) is 0 Å². The van der Waals surface area contributed by atoms with Gasteiger partial charge in [-0.2, -0.15) is 0 Å². The molecule has 0 aliphatic heterocycles. The van der Waals surface area contributed by atoms with E-state index in [-0.39, 0.29) is 39.8 Å². The van der Waals surface area contributed by atoms with Gasteiger partial charge >= 0.3 is 66.7 Å². The molecule has 2 nitrogen and oxygen atoms in total. The molecule has 0 heterocycles. The van der Waals surface area contributed by atoms with Crippen LogP contribution in [0.1, 0.15) is 0 Å². The molecule has 4 heteroatoms. The van der Waals surface area contributed by atoms with Crippen LogP contribution in [-0.4, -0.2) is 23.0 Å². The van der Waals surface area contributed by atoms with Gasteiger partial charge in [0, 0.05) is 0 Å². The molecule has 0 saturated carbocycles. The van der Waals surface area contributed by atoms with Crippen LogP contribution in [0, 0.1) is 39.8 Å². The zero-order valence-electron chi connectivity index (χ0n) is 1.82. The van der Waals surface area contributed by atoms with E-state index in [2.05, 4.69) is 0 Å². The van der Waals surface area contributed by atoms with Crippen LogP contribution < -0.4 is 0 Å². The second-order valence-electron chi connectivity index (χ2n) is 0. The second-order valence-corrected chi connectivity index (χ2v) is 0. The molecule has 0 N–H and O–H groups in total. The number of hydrogen-bond acceptors (Lipinski definition) is 2. The normalized spacial score (nSPS) is 1.75. The number of rotatable bonds is 0. The van der Waals surface area contributed by atoms with Crippen LogP contribution in [0.15, 0.2) is 0 Å². The second kappa shape index (κ2) is 21.4. The Labute approximate surface area is 65.4 Å². The van der Waals surface area contributed by atoms with Gasteiger partial charge in [-0.1, -0.05) is 0 Å². The molecule has 0 aromatic carbocycles. The molecule has 0 rings (SSSR count). The molecule has 0 amide bonds. The monoisotopic (exact) mass is 294 g/mol. The first kappa shape index (κ1) is 9.25. The Kier molecular flexibility index (Phi) is 49.6. The summed E-state index contributed by atoms with van der Waals surface area (Å²) < 4.78 is 16.7. The Hall–Kier alpha value is 1.79. The van der Waals surface area contributed by atoms with E-state index in [1.165, 1.54) is 0 Å². The van der Waals surface area contributed by atoms with E-state index in [0.717, 1.165) is 0 Å². The van der Waals surface area contributed by atoms with Crippen LogP contribution in [0.3, 0.4) is 0 Å². The van der Waals surface area contributed by atoms with E-state index >= 15 is 0 Å². The van der Waals surface area contributed by atoms with Crippen molar-refractivity contribution in [2.24, 2.45) is 0 Å². The average Bonchev–Trinajstić information content (AvgIpc) is 1.50. The fraction of sp³-hybridized carbons (Fsp3) is 0. The quantitative estimate of drug-likeness (QED) is 0.544. The Morgan fingerprint density at radius 3 is 1.25 bits per heavy atom. The van der Waals surface area contributed by atoms with Crippen molar-refractivity contribution in [3.8, 4) is 0 Å². The molecule has 0 unspecified atom stereocenters. The molecule has 0 fully saturated rings. The van der Waals surface area contributed by atoms with Crippen molar-refractivity contribution >= 4 is 23.0 Å². The summed E-state index contributed by atoms with van der Waals surface area (Å²) in [6.45, 7) is 0. The molecule has 0 atom stereocenters. The summed E-state index contributed by atoms with van der Waals surface area (Å²) in [5, 5.41) is 0. The van der Waals surface area contributed by atoms with Gasteiger partial charge in [0.25, 0.3) is 0 Å². The third kappa shape index (κ3) is 9.20. The average molecular weight is 295 g/mol. The predicted octanol–water partition coefficient (Wildman–Crippen LogP) is -0.886. The maximum atomic E-state index is 8.39. The first-order valence-electron chi connectivity index (χ1n) is 0.408. The van der Waals surface area contributed by atoms with Crippen molar-refractivity contribution in [3.05, 3.63) is 0 Å². The molecular formula is HCeO2Sb. The minimum absolute atomic E-state index is 0.0556. The van der Waals surface area contributed by atoms with Gasteiger partial charge in [-0.05, 0) is 0 Å². The zero-order valence-corrected chi connectivity index (χ0v) is 7.81. The molecule has 4 heavy (non-hydrogen) atoms. The molecule has 0 aromatic rings. The SMILES string of the molecule is [O]=[Ce].[O]=[SbH]. The fourth-order valence-electron chi connectivity index (χ4n) is 0. The first-order valence-corrected chi connectivity index (χ1v) is 2.86. The predicted molar refractivity (Wildman–Crippen MR) is 8.52 cm³/mol. The van der Waals surface area contributed by atoms with Gasteiger partial charge in [0.05, 0.1) is 0 Å². The minimum atomic E-state index is 0.0556. The van der Waals surface area contributed by atoms with E-state index in [4.69, 9.17) is 3.96 Å². The summed E-state index contributed by atoms with van der Waals surface area (Å²) in [4.78, 5) is 0. The molecule has 0 bridgehead atoms. The molecule has 0 spiro atoms. The molecular weight excluding hydrogens is 294 g/mol. The summed E-state index contributed by atoms with van der Waals surface area (Å²) >= 11 is 0.356. The van der Waals surface area contributed by atoms with Crippen LogP contribution in [0.2, 0.25) is 0 Å². The summed E-state index contributed by atoms with van der Waals surface area (Å²) in [5.41, 5.74) is 0. The van der Waals surface area contributed by atoms with Gasteiger partial charge in [-0.25, -0.2) is 0 Å². The van der Waals surface area contributed by atoms with Crippen molar-refractivity contribution in [1.82, 2.24) is 0 Å². The van der Waals surface area contributed by atoms with Crippen LogP contribution in [0.5, 0.6) is 0 Å². The van der Waals surface area contributed by atoms with Crippen molar-refractivity contribution in [2.45, 2.75) is 0 Å². The third-order valence-corrected chi connectivity index (χ3v) is 0. The van der Waals surface area contributed by atoms with Gasteiger partial charge in [0.15, 0.2) is 0 Å². The molecule has 0 aromatic heterocycles. The fourth-order valence-corrected chi connectivity index (χ4v) is 0. The molecule has 22 valence electrons. The Morgan fingerprint density at radius 2 is 1.25 bits per heavy atom. The van der Waals surface area contributed by atoms with E-state index in [1.54, 1.807) is 0 Å². The molecule has 0 aliphatic carbocycles. The van der Waals surface area contributed by atoms with Crippen LogP contribution >= 0.6 is 0 Å². The summed E-state index contributed by atoms with van der Waals surface area (Å²) in [5.74, 6) is 0. The maximum absolute atomic E-state index is 8.39. The zero-order chi connectivity index (χ0) is 4.00. The Balaban J connectivity index is 0. The van der Waals surface area contributed by atoms with Gasteiger partial charge < -0.3 is 0 Å². The molecule has 0 radical (unpaired) electrons. The standard InChI is InChI=1S/Ce.2O.Sb.H. The van der Waals surface area contributed by atoms with Gasteiger partial charge in [0.1, 0.15) is 0 Å². The Bertz CT molecular complexity index is 8.00. The third-order valence-electron chi connectivity index (χ3n) is 0. The summed E-state index contributed by atoms with van der Waals surface area (Å²) in [6.07, 6.45) is 0. The van der Waals surface area contributed by atoms with E-state index in [0.29, 0.717) is 23.0 Å². The van der Waals surface area contributed by atoms with Crippen LogP contribution in [0.4, 0.5) is 0 Å². The summed E-state index contributed by atoms with van der Waals surface area (Å²) in [6, 6.07) is 0. The van der Waals surface area contributed by atoms with Gasteiger partial charge in [-0.15, -0.1) is 0 Å². The number of hydrogen-bond donors (Lipinski definition) is 0. The van der Waals surface area contributed by atoms with Crippen LogP contribution in [0.25, 0.3) is 0 Å². The first-order chi connectivity index (χ1) is 2.00. The van der Waals surface area contributed by atoms with E-state index in [9.17, 15) is 0 Å². The van der Waals surface area contributed by atoms with Gasteiger partial charge in [-0.3, -0.25) is 0 Å². The Morgan fingerprint density at radius 1 is 1.25 bits per heavy atom. The summed E-state index contributed by atoms with van der Waals surface area (Å²) in [7, 11) is 0. The van der Waals surface area contributed by atoms with Crippen molar-refractivity contribution in [3.63, 3.8) is 0 Å². The topological polar surface area (TPSA) is 34.1 Å². The molecule has 0 aliphatic rings. The van der Waals surface area contributed by atoms with Crippen LogP contribution in [-0.2, 0) is 3.96 Å². The molecule has 0 saturated heterocycles. The van der Waals surface area contributed by atoms with Gasteiger partial charge in [0.2, 0.25) is 0 Å². The van der Waals surface area contributed by atoms with E-state index in [1.807, 2.05) is 0 Å². The van der Waals surface area contributed by atoms with Crippen molar-refractivity contribution < 1.29 is 43.7 Å². The van der Waals surface area contributed by atoms with Crippen molar-refractivity contribution in [2.75, 3.05) is 0 Å². The van der Waals surface area contributed by atoms with E-state index < -0.39 is 0 Å².